The van der Waals surface area contributed by atoms with Gasteiger partial charge in [0.2, 0.25) is 0 Å². The van der Waals surface area contributed by atoms with Crippen LogP contribution in [0.2, 0.25) is 0 Å². The topological polar surface area (TPSA) is 74.7 Å². The largest absolute Gasteiger partial charge is 0.493 e. The number of methoxy groups -OCH3 is 1. The third kappa shape index (κ3) is 4.44. The molecule has 7 heteroatoms. The predicted octanol–water partition coefficient (Wildman–Crippen LogP) is 3.62. The lowest BCUT2D eigenvalue weighted by molar-refractivity contribution is -0.143. The van der Waals surface area contributed by atoms with Crippen LogP contribution in [0.5, 0.6) is 11.5 Å². The molecule has 6 nitrogen and oxygen atoms in total. The number of Topliss-reactive ketones (excluding diaryl/α,β-unsaturated/α-hetero) is 1. The molecule has 0 spiro atoms. The van der Waals surface area contributed by atoms with E-state index in [0.717, 1.165) is 4.70 Å². The molecule has 1 heterocycles. The van der Waals surface area contributed by atoms with E-state index in [-0.39, 0.29) is 30.7 Å². The lowest BCUT2D eigenvalue weighted by Crippen LogP contribution is -2.07. The van der Waals surface area contributed by atoms with Crippen LogP contribution >= 0.6 is 11.3 Å². The minimum absolute atomic E-state index is 0.000617. The van der Waals surface area contributed by atoms with Crippen LogP contribution in [0.1, 0.15) is 43.4 Å². The number of benzene rings is 1. The second-order valence-corrected chi connectivity index (χ2v) is 6.42. The molecule has 1 aromatic carbocycles. The van der Waals surface area contributed by atoms with Gasteiger partial charge in [0, 0.05) is 18.6 Å². The summed E-state index contributed by atoms with van der Waals surface area (Å²) in [5, 5.41) is 0.373. The number of ketones is 1. The van der Waals surface area contributed by atoms with Crippen LogP contribution in [0.15, 0.2) is 12.1 Å². The molecule has 0 N–H and O–H groups in total. The number of hydrogen-bond acceptors (Lipinski definition) is 7. The number of nitrogens with zero attached hydrogens (tertiary/aromatic N) is 1. The van der Waals surface area contributed by atoms with Gasteiger partial charge < -0.3 is 14.2 Å². The van der Waals surface area contributed by atoms with E-state index in [4.69, 9.17) is 14.2 Å². The summed E-state index contributed by atoms with van der Waals surface area (Å²) in [6.07, 6.45) is 0.152. The fraction of sp³-hybridized carbons (Fsp3) is 0.471. The van der Waals surface area contributed by atoms with Crippen LogP contribution < -0.4 is 9.47 Å². The molecule has 0 atom stereocenters. The highest BCUT2D eigenvalue weighted by molar-refractivity contribution is 7.20. The number of ether oxygens (including phenoxy) is 3. The molecule has 0 aliphatic heterocycles. The van der Waals surface area contributed by atoms with E-state index in [2.05, 4.69) is 4.98 Å². The highest BCUT2D eigenvalue weighted by Gasteiger charge is 2.17. The molecule has 2 aromatic rings. The Hall–Kier alpha value is -2.15. The number of esters is 1. The molecule has 0 unspecified atom stereocenters. The lowest BCUT2D eigenvalue weighted by atomic mass is 10.2. The zero-order valence-electron chi connectivity index (χ0n) is 14.3. The molecule has 130 valence electrons. The van der Waals surface area contributed by atoms with E-state index < -0.39 is 0 Å². The summed E-state index contributed by atoms with van der Waals surface area (Å²) in [6, 6.07) is 3.58. The van der Waals surface area contributed by atoms with Gasteiger partial charge >= 0.3 is 5.97 Å². The quantitative estimate of drug-likeness (QED) is 0.534. The minimum atomic E-state index is -0.374. The third-order valence-corrected chi connectivity index (χ3v) is 4.20. The van der Waals surface area contributed by atoms with E-state index in [1.807, 2.05) is 19.9 Å². The number of fused-ring (bicyclic) bond motifs is 1. The number of carbonyl (C=O) groups is 2. The van der Waals surface area contributed by atoms with Crippen molar-refractivity contribution in [1.29, 1.82) is 0 Å². The standard InChI is InChI=1S/C17H21NO5S/c1-5-22-16(20)7-6-12(19)17-18-11-8-14(23-10(2)3)13(21-4)9-15(11)24-17/h8-10H,5-7H2,1-4H3. The maximum Gasteiger partial charge on any atom is 0.306 e. The first-order valence-electron chi connectivity index (χ1n) is 7.78. The molecule has 0 saturated carbocycles. The van der Waals surface area contributed by atoms with Gasteiger partial charge in [0.05, 0.1) is 36.5 Å². The van der Waals surface area contributed by atoms with Gasteiger partial charge in [-0.25, -0.2) is 4.98 Å². The van der Waals surface area contributed by atoms with Crippen molar-refractivity contribution >= 4 is 33.3 Å². The zero-order valence-corrected chi connectivity index (χ0v) is 15.1. The smallest absolute Gasteiger partial charge is 0.306 e. The third-order valence-electron chi connectivity index (χ3n) is 3.14. The van der Waals surface area contributed by atoms with Crippen molar-refractivity contribution in [3.63, 3.8) is 0 Å². The summed E-state index contributed by atoms with van der Waals surface area (Å²) in [4.78, 5) is 27.9. The first-order chi connectivity index (χ1) is 11.4. The first-order valence-corrected chi connectivity index (χ1v) is 8.60. The van der Waals surface area contributed by atoms with Gasteiger partial charge in [-0.15, -0.1) is 11.3 Å². The normalized spacial score (nSPS) is 10.9. The Kier molecular flexibility index (Phi) is 6.14. The summed E-state index contributed by atoms with van der Waals surface area (Å²) in [5.41, 5.74) is 0.677. The Bertz CT molecular complexity index is 738. The van der Waals surface area contributed by atoms with Crippen LogP contribution in [0.3, 0.4) is 0 Å². The Morgan fingerprint density at radius 2 is 1.96 bits per heavy atom. The van der Waals surface area contributed by atoms with Gasteiger partial charge in [0.25, 0.3) is 0 Å². The van der Waals surface area contributed by atoms with Crippen molar-refractivity contribution in [1.82, 2.24) is 4.98 Å². The Morgan fingerprint density at radius 1 is 1.21 bits per heavy atom. The lowest BCUT2D eigenvalue weighted by Gasteiger charge is -2.13. The van der Waals surface area contributed by atoms with Crippen molar-refractivity contribution in [3.8, 4) is 11.5 Å². The molecule has 0 aliphatic rings. The summed E-state index contributed by atoms with van der Waals surface area (Å²) in [5.74, 6) is 0.650. The monoisotopic (exact) mass is 351 g/mol. The molecule has 0 bridgehead atoms. The predicted molar refractivity (Wildman–Crippen MR) is 92.1 cm³/mol. The van der Waals surface area contributed by atoms with Crippen molar-refractivity contribution in [3.05, 3.63) is 17.1 Å². The van der Waals surface area contributed by atoms with Crippen molar-refractivity contribution in [2.24, 2.45) is 0 Å². The van der Waals surface area contributed by atoms with Crippen molar-refractivity contribution in [2.75, 3.05) is 13.7 Å². The highest BCUT2D eigenvalue weighted by Crippen LogP contribution is 2.35. The zero-order chi connectivity index (χ0) is 17.7. The Labute approximate surface area is 144 Å². The SMILES string of the molecule is CCOC(=O)CCC(=O)c1nc2cc(OC(C)C)c(OC)cc2s1. The number of thiazole rings is 1. The van der Waals surface area contributed by atoms with Gasteiger partial charge in [-0.1, -0.05) is 0 Å². The maximum absolute atomic E-state index is 12.2. The fourth-order valence-electron chi connectivity index (χ4n) is 2.12. The Balaban J connectivity index is 2.20. The molecule has 0 aliphatic carbocycles. The van der Waals surface area contributed by atoms with E-state index in [1.165, 1.54) is 11.3 Å². The maximum atomic E-state index is 12.2. The van der Waals surface area contributed by atoms with E-state index in [1.54, 1.807) is 20.1 Å². The Morgan fingerprint density at radius 3 is 2.58 bits per heavy atom. The molecular formula is C17H21NO5S. The van der Waals surface area contributed by atoms with Gasteiger partial charge in [-0.2, -0.15) is 0 Å². The molecule has 0 amide bonds. The number of rotatable bonds is 8. The summed E-state index contributed by atoms with van der Waals surface area (Å²) in [6.45, 7) is 5.90. The molecule has 24 heavy (non-hydrogen) atoms. The average molecular weight is 351 g/mol. The van der Waals surface area contributed by atoms with Gasteiger partial charge in [-0.05, 0) is 20.8 Å². The van der Waals surface area contributed by atoms with Crippen LogP contribution in [0.4, 0.5) is 0 Å². The van der Waals surface area contributed by atoms with E-state index >= 15 is 0 Å². The first kappa shape index (κ1) is 18.2. The van der Waals surface area contributed by atoms with Crippen LogP contribution in [0, 0.1) is 0 Å². The molecule has 0 radical (unpaired) electrons. The van der Waals surface area contributed by atoms with E-state index in [9.17, 15) is 9.59 Å². The summed E-state index contributed by atoms with van der Waals surface area (Å²) >= 11 is 1.28. The minimum Gasteiger partial charge on any atom is -0.493 e. The van der Waals surface area contributed by atoms with Crippen LogP contribution in [0.25, 0.3) is 10.2 Å². The molecule has 2 rings (SSSR count). The summed E-state index contributed by atoms with van der Waals surface area (Å²) in [7, 11) is 1.57. The van der Waals surface area contributed by atoms with Crippen molar-refractivity contribution in [2.45, 2.75) is 39.7 Å². The van der Waals surface area contributed by atoms with Crippen LogP contribution in [-0.2, 0) is 9.53 Å². The summed E-state index contributed by atoms with van der Waals surface area (Å²) < 4.78 is 16.7. The van der Waals surface area contributed by atoms with Crippen LogP contribution in [-0.4, -0.2) is 36.6 Å². The van der Waals surface area contributed by atoms with Gasteiger partial charge in [0.15, 0.2) is 22.3 Å². The fourth-order valence-corrected chi connectivity index (χ4v) is 3.06. The number of hydrogen-bond donors (Lipinski definition) is 0. The van der Waals surface area contributed by atoms with Gasteiger partial charge in [0.1, 0.15) is 0 Å². The number of carbonyl (C=O) groups excluding carboxylic acids is 2. The molecule has 0 fully saturated rings. The molecular weight excluding hydrogens is 330 g/mol. The highest BCUT2D eigenvalue weighted by atomic mass is 32.1. The number of aromatic nitrogens is 1. The molecule has 1 aromatic heterocycles. The van der Waals surface area contributed by atoms with Crippen molar-refractivity contribution < 1.29 is 23.8 Å². The van der Waals surface area contributed by atoms with E-state index in [0.29, 0.717) is 28.6 Å². The second kappa shape index (κ2) is 8.10. The average Bonchev–Trinajstić information content (AvgIpc) is 2.94. The second-order valence-electron chi connectivity index (χ2n) is 5.38. The van der Waals surface area contributed by atoms with Gasteiger partial charge in [-0.3, -0.25) is 9.59 Å². The molecule has 0 saturated heterocycles.